The van der Waals surface area contributed by atoms with Crippen LogP contribution in [0.25, 0.3) is 0 Å². The van der Waals surface area contributed by atoms with Gasteiger partial charge in [-0.15, -0.1) is 0 Å². The van der Waals surface area contributed by atoms with Crippen LogP contribution in [0.1, 0.15) is 22.3 Å². The van der Waals surface area contributed by atoms with Crippen molar-refractivity contribution in [2.75, 3.05) is 0 Å². The Kier molecular flexibility index (Phi) is 4.78. The van der Waals surface area contributed by atoms with Crippen LogP contribution < -0.4 is 0 Å². The number of hydrogen-bond donors (Lipinski definition) is 2. The first-order valence-corrected chi connectivity index (χ1v) is 5.93. The van der Waals surface area contributed by atoms with E-state index in [1.165, 1.54) is 5.56 Å². The number of rotatable bonds is 0. The molecule has 0 atom stereocenters. The van der Waals surface area contributed by atoms with Gasteiger partial charge in [0.05, 0.1) is 0 Å². The number of hydrogen-bond acceptors (Lipinski definition) is 2. The van der Waals surface area contributed by atoms with Gasteiger partial charge in [0.25, 0.3) is 0 Å². The molecule has 0 heterocycles. The van der Waals surface area contributed by atoms with Gasteiger partial charge in [0.15, 0.2) is 0 Å². The minimum Gasteiger partial charge on any atom is -0.508 e. The van der Waals surface area contributed by atoms with Crippen LogP contribution in [0.3, 0.4) is 0 Å². The van der Waals surface area contributed by atoms with Crippen molar-refractivity contribution in [3.63, 3.8) is 0 Å². The van der Waals surface area contributed by atoms with Crippen LogP contribution in [0.15, 0.2) is 36.4 Å². The van der Waals surface area contributed by atoms with E-state index in [4.69, 9.17) is 5.11 Å². The van der Waals surface area contributed by atoms with Crippen molar-refractivity contribution in [3.05, 3.63) is 58.7 Å². The van der Waals surface area contributed by atoms with Crippen LogP contribution >= 0.6 is 0 Å². The summed E-state index contributed by atoms with van der Waals surface area (Å²) in [4.78, 5) is 0. The summed E-state index contributed by atoms with van der Waals surface area (Å²) in [6, 6.07) is 11.1. The third-order valence-electron chi connectivity index (χ3n) is 2.93. The first-order valence-electron chi connectivity index (χ1n) is 5.93. The number of phenolic OH excluding ortho intramolecular Hbond substituents is 2. The molecular weight excluding hydrogens is 224 g/mol. The predicted molar refractivity (Wildman–Crippen MR) is 75.2 cm³/mol. The Morgan fingerprint density at radius 2 is 1.22 bits per heavy atom. The Bertz CT molecular complexity index is 510. The molecule has 2 aromatic carbocycles. The number of phenols is 2. The molecule has 2 nitrogen and oxygen atoms in total. The van der Waals surface area contributed by atoms with E-state index in [0.29, 0.717) is 11.5 Å². The Labute approximate surface area is 109 Å². The van der Waals surface area contributed by atoms with Crippen molar-refractivity contribution in [2.45, 2.75) is 27.7 Å². The summed E-state index contributed by atoms with van der Waals surface area (Å²) in [5.74, 6) is 0.760. The number of benzene rings is 2. The molecule has 2 aromatic rings. The van der Waals surface area contributed by atoms with E-state index < -0.39 is 0 Å². The highest BCUT2D eigenvalue weighted by atomic mass is 16.3. The second kappa shape index (κ2) is 6.10. The van der Waals surface area contributed by atoms with E-state index >= 15 is 0 Å². The smallest absolute Gasteiger partial charge is 0.121 e. The predicted octanol–water partition coefficient (Wildman–Crippen LogP) is 4.02. The van der Waals surface area contributed by atoms with Crippen LogP contribution in [0, 0.1) is 27.7 Å². The van der Waals surface area contributed by atoms with Gasteiger partial charge in [-0.25, -0.2) is 0 Å². The van der Waals surface area contributed by atoms with Crippen LogP contribution in [0.2, 0.25) is 0 Å². The quantitative estimate of drug-likeness (QED) is 0.735. The lowest BCUT2D eigenvalue weighted by atomic mass is 10.1. The summed E-state index contributed by atoms with van der Waals surface area (Å²) >= 11 is 0. The van der Waals surface area contributed by atoms with Crippen molar-refractivity contribution in [2.24, 2.45) is 0 Å². The molecule has 0 radical (unpaired) electrons. The summed E-state index contributed by atoms with van der Waals surface area (Å²) in [6.45, 7) is 7.79. The third-order valence-corrected chi connectivity index (χ3v) is 2.93. The zero-order chi connectivity index (χ0) is 13.7. The van der Waals surface area contributed by atoms with E-state index in [9.17, 15) is 5.11 Å². The minimum atomic E-state index is 0.345. The largest absolute Gasteiger partial charge is 0.508 e. The average Bonchev–Trinajstić information content (AvgIpc) is 2.32. The van der Waals surface area contributed by atoms with Crippen molar-refractivity contribution in [1.29, 1.82) is 0 Å². The Morgan fingerprint density at radius 3 is 1.61 bits per heavy atom. The highest BCUT2D eigenvalue weighted by molar-refractivity contribution is 5.38. The maximum atomic E-state index is 9.21. The Hall–Kier alpha value is -1.96. The molecule has 0 aliphatic carbocycles. The lowest BCUT2D eigenvalue weighted by Gasteiger charge is -1.99. The molecule has 0 fully saturated rings. The van der Waals surface area contributed by atoms with Gasteiger partial charge in [-0.1, -0.05) is 24.3 Å². The fourth-order valence-corrected chi connectivity index (χ4v) is 1.53. The first-order chi connectivity index (χ1) is 8.41. The maximum absolute atomic E-state index is 9.21. The van der Waals surface area contributed by atoms with E-state index in [-0.39, 0.29) is 0 Å². The highest BCUT2D eigenvalue weighted by Gasteiger charge is 1.95. The zero-order valence-electron chi connectivity index (χ0n) is 11.4. The lowest BCUT2D eigenvalue weighted by Crippen LogP contribution is -1.76. The first kappa shape index (κ1) is 14.1. The molecule has 0 amide bonds. The van der Waals surface area contributed by atoms with Gasteiger partial charge >= 0.3 is 0 Å². The molecule has 0 aliphatic rings. The SMILES string of the molecule is Cc1ccc(O)cc1C.Cc1cccc(C)c1O. The fraction of sp³-hybridized carbons (Fsp3) is 0.250. The van der Waals surface area contributed by atoms with Crippen molar-refractivity contribution in [1.82, 2.24) is 0 Å². The summed E-state index contributed by atoms with van der Waals surface area (Å²) in [6.07, 6.45) is 0. The van der Waals surface area contributed by atoms with Gasteiger partial charge in [0.2, 0.25) is 0 Å². The number of aromatic hydroxyl groups is 2. The average molecular weight is 244 g/mol. The van der Waals surface area contributed by atoms with Crippen molar-refractivity contribution < 1.29 is 10.2 Å². The van der Waals surface area contributed by atoms with E-state index in [1.807, 2.05) is 52.0 Å². The summed E-state index contributed by atoms with van der Waals surface area (Å²) < 4.78 is 0. The second-order valence-electron chi connectivity index (χ2n) is 4.51. The summed E-state index contributed by atoms with van der Waals surface area (Å²) in [5.41, 5.74) is 4.23. The minimum absolute atomic E-state index is 0.345. The molecule has 0 saturated carbocycles. The van der Waals surface area contributed by atoms with Crippen LogP contribution in [-0.4, -0.2) is 10.2 Å². The zero-order valence-corrected chi connectivity index (χ0v) is 11.4. The van der Waals surface area contributed by atoms with E-state index in [0.717, 1.165) is 16.7 Å². The molecule has 18 heavy (non-hydrogen) atoms. The molecule has 96 valence electrons. The van der Waals surface area contributed by atoms with Crippen molar-refractivity contribution in [3.8, 4) is 11.5 Å². The monoisotopic (exact) mass is 244 g/mol. The summed E-state index contributed by atoms with van der Waals surface area (Å²) in [7, 11) is 0. The van der Waals surface area contributed by atoms with Gasteiger partial charge in [-0.2, -0.15) is 0 Å². The lowest BCUT2D eigenvalue weighted by molar-refractivity contribution is 0.467. The molecule has 0 saturated heterocycles. The number of aryl methyl sites for hydroxylation is 4. The van der Waals surface area contributed by atoms with Gasteiger partial charge in [0.1, 0.15) is 11.5 Å². The van der Waals surface area contributed by atoms with Gasteiger partial charge in [-0.3, -0.25) is 0 Å². The molecule has 0 spiro atoms. The highest BCUT2D eigenvalue weighted by Crippen LogP contribution is 2.19. The second-order valence-corrected chi connectivity index (χ2v) is 4.51. The molecule has 2 N–H and O–H groups in total. The topological polar surface area (TPSA) is 40.5 Å². The molecule has 0 aliphatic heterocycles. The molecule has 2 heteroatoms. The van der Waals surface area contributed by atoms with Gasteiger partial charge < -0.3 is 10.2 Å². The van der Waals surface area contributed by atoms with Crippen LogP contribution in [0.5, 0.6) is 11.5 Å². The molecule has 0 unspecified atom stereocenters. The van der Waals surface area contributed by atoms with E-state index in [2.05, 4.69) is 0 Å². The Balaban J connectivity index is 0.000000180. The van der Waals surface area contributed by atoms with Gasteiger partial charge in [-0.05, 0) is 62.1 Å². The summed E-state index contributed by atoms with van der Waals surface area (Å²) in [5, 5.41) is 18.1. The van der Waals surface area contributed by atoms with Crippen molar-refractivity contribution >= 4 is 0 Å². The normalized spacial score (nSPS) is 9.56. The molecule has 2 rings (SSSR count). The molecule has 0 bridgehead atoms. The Morgan fingerprint density at radius 1 is 0.667 bits per heavy atom. The molecule has 0 aromatic heterocycles. The van der Waals surface area contributed by atoms with Gasteiger partial charge in [0, 0.05) is 0 Å². The van der Waals surface area contributed by atoms with Crippen LogP contribution in [0.4, 0.5) is 0 Å². The van der Waals surface area contributed by atoms with Crippen LogP contribution in [-0.2, 0) is 0 Å². The maximum Gasteiger partial charge on any atom is 0.121 e. The molecular formula is C16H20O2. The third kappa shape index (κ3) is 3.81. The number of para-hydroxylation sites is 1. The van der Waals surface area contributed by atoms with E-state index in [1.54, 1.807) is 12.1 Å². The standard InChI is InChI=1S/2C8H10O/c1-6-3-4-8(9)5-7(6)2;1-6-4-3-5-7(2)8(6)9/h2*3-5,9H,1-2H3. The fourth-order valence-electron chi connectivity index (χ4n) is 1.53.